The van der Waals surface area contributed by atoms with Crippen LogP contribution in [0.5, 0.6) is 5.75 Å². The first-order valence-corrected chi connectivity index (χ1v) is 8.96. The number of nitrogens with one attached hydrogen (secondary N) is 1. The van der Waals surface area contributed by atoms with Crippen LogP contribution in [0.1, 0.15) is 12.0 Å². The number of carbonyl (C=O) groups excluding carboxylic acids is 2. The van der Waals surface area contributed by atoms with Crippen molar-refractivity contribution in [1.29, 1.82) is 0 Å². The van der Waals surface area contributed by atoms with E-state index in [1.807, 2.05) is 0 Å². The molecule has 1 aliphatic heterocycles. The van der Waals surface area contributed by atoms with E-state index in [-0.39, 0.29) is 18.2 Å². The highest BCUT2D eigenvalue weighted by Gasteiger charge is 2.35. The molecular weight excluding hydrogens is 389 g/mol. The molecule has 8 heteroatoms. The topological polar surface area (TPSA) is 71.0 Å². The second-order valence-corrected chi connectivity index (χ2v) is 6.83. The van der Waals surface area contributed by atoms with E-state index in [0.717, 1.165) is 5.69 Å². The summed E-state index contributed by atoms with van der Waals surface area (Å²) in [5, 5.41) is 4.78. The van der Waals surface area contributed by atoms with Gasteiger partial charge in [0.15, 0.2) is 0 Å². The molecule has 1 aliphatic rings. The number of hydrazone groups is 1. The lowest BCUT2D eigenvalue weighted by Gasteiger charge is -2.16. The fourth-order valence-corrected chi connectivity index (χ4v) is 3.06. The van der Waals surface area contributed by atoms with Gasteiger partial charge in [-0.1, -0.05) is 29.3 Å². The van der Waals surface area contributed by atoms with Crippen LogP contribution >= 0.6 is 23.2 Å². The Kier molecular flexibility index (Phi) is 5.98. The number of nitrogens with zero attached hydrogens (tertiary/aromatic N) is 2. The number of hydrogen-bond donors (Lipinski definition) is 1. The molecule has 0 spiro atoms. The highest BCUT2D eigenvalue weighted by molar-refractivity contribution is 6.42. The number of rotatable bonds is 5. The Hall–Kier alpha value is -2.57. The van der Waals surface area contributed by atoms with Crippen molar-refractivity contribution in [3.63, 3.8) is 0 Å². The van der Waals surface area contributed by atoms with Gasteiger partial charge in [-0.25, -0.2) is 5.43 Å². The average Bonchev–Trinajstić information content (AvgIpc) is 3.06. The van der Waals surface area contributed by atoms with Crippen molar-refractivity contribution in [3.05, 3.63) is 58.1 Å². The smallest absolute Gasteiger partial charge is 0.245 e. The molecule has 6 nitrogen and oxygen atoms in total. The molecule has 1 unspecified atom stereocenters. The van der Waals surface area contributed by atoms with Crippen molar-refractivity contribution in [1.82, 2.24) is 5.43 Å². The Balaban J connectivity index is 1.59. The number of methoxy groups -OCH3 is 1. The SMILES string of the molecule is COc1ccc(N2CC(C(=O)N/N=C\c3ccc(Cl)c(Cl)c3)CC2=O)cc1. The number of carbonyl (C=O) groups is 2. The molecule has 2 aromatic carbocycles. The number of hydrogen-bond acceptors (Lipinski definition) is 4. The van der Waals surface area contributed by atoms with Crippen LogP contribution < -0.4 is 15.1 Å². The van der Waals surface area contributed by atoms with Crippen LogP contribution in [0, 0.1) is 5.92 Å². The second kappa shape index (κ2) is 8.41. The molecule has 1 N–H and O–H groups in total. The first-order chi connectivity index (χ1) is 13.0. The summed E-state index contributed by atoms with van der Waals surface area (Å²) in [6.07, 6.45) is 1.61. The second-order valence-electron chi connectivity index (χ2n) is 6.01. The van der Waals surface area contributed by atoms with Gasteiger partial charge in [-0.15, -0.1) is 0 Å². The van der Waals surface area contributed by atoms with Crippen LogP contribution in [0.15, 0.2) is 47.6 Å². The predicted octanol–water partition coefficient (Wildman–Crippen LogP) is 3.51. The number of halogens is 2. The average molecular weight is 406 g/mol. The van der Waals surface area contributed by atoms with Crippen LogP contribution in [0.25, 0.3) is 0 Å². The fourth-order valence-electron chi connectivity index (χ4n) is 2.75. The zero-order valence-corrected chi connectivity index (χ0v) is 16.0. The molecule has 140 valence electrons. The van der Waals surface area contributed by atoms with E-state index < -0.39 is 5.92 Å². The third kappa shape index (κ3) is 4.59. The quantitative estimate of drug-likeness (QED) is 0.610. The summed E-state index contributed by atoms with van der Waals surface area (Å²) in [6.45, 7) is 0.305. The van der Waals surface area contributed by atoms with Gasteiger partial charge >= 0.3 is 0 Å². The largest absolute Gasteiger partial charge is 0.497 e. The van der Waals surface area contributed by atoms with Gasteiger partial charge in [-0.2, -0.15) is 5.10 Å². The van der Waals surface area contributed by atoms with Gasteiger partial charge in [0, 0.05) is 18.7 Å². The molecule has 0 aromatic heterocycles. The molecule has 1 saturated heterocycles. The number of benzene rings is 2. The Morgan fingerprint density at radius 1 is 1.22 bits per heavy atom. The van der Waals surface area contributed by atoms with Gasteiger partial charge in [-0.05, 0) is 42.0 Å². The number of amides is 2. The van der Waals surface area contributed by atoms with E-state index in [4.69, 9.17) is 27.9 Å². The molecule has 0 saturated carbocycles. The van der Waals surface area contributed by atoms with E-state index in [2.05, 4.69) is 10.5 Å². The fraction of sp³-hybridized carbons (Fsp3) is 0.211. The third-order valence-corrected chi connectivity index (χ3v) is 4.95. The van der Waals surface area contributed by atoms with E-state index in [0.29, 0.717) is 27.9 Å². The molecule has 1 heterocycles. The van der Waals surface area contributed by atoms with Gasteiger partial charge in [0.1, 0.15) is 5.75 Å². The minimum atomic E-state index is -0.467. The molecule has 2 aromatic rings. The highest BCUT2D eigenvalue weighted by atomic mass is 35.5. The Bertz CT molecular complexity index is 884. The predicted molar refractivity (Wildman–Crippen MR) is 106 cm³/mol. The lowest BCUT2D eigenvalue weighted by molar-refractivity contribution is -0.126. The minimum Gasteiger partial charge on any atom is -0.497 e. The standard InChI is InChI=1S/C19H17Cl2N3O3/c1-27-15-5-3-14(4-6-15)24-11-13(9-18(24)25)19(26)23-22-10-12-2-7-16(20)17(21)8-12/h2-8,10,13H,9,11H2,1H3,(H,23,26)/b22-10-. The molecule has 1 atom stereocenters. The van der Waals surface area contributed by atoms with Crippen molar-refractivity contribution < 1.29 is 14.3 Å². The molecule has 3 rings (SSSR count). The summed E-state index contributed by atoms with van der Waals surface area (Å²) in [7, 11) is 1.58. The Morgan fingerprint density at radius 3 is 2.63 bits per heavy atom. The maximum atomic E-state index is 12.3. The maximum absolute atomic E-state index is 12.3. The van der Waals surface area contributed by atoms with E-state index in [1.54, 1.807) is 54.5 Å². The van der Waals surface area contributed by atoms with Crippen LogP contribution in [0.3, 0.4) is 0 Å². The minimum absolute atomic E-state index is 0.103. The highest BCUT2D eigenvalue weighted by Crippen LogP contribution is 2.27. The number of ether oxygens (including phenoxy) is 1. The molecule has 0 aliphatic carbocycles. The van der Waals surface area contributed by atoms with E-state index >= 15 is 0 Å². The van der Waals surface area contributed by atoms with Gasteiger partial charge in [0.25, 0.3) is 0 Å². The van der Waals surface area contributed by atoms with E-state index in [1.165, 1.54) is 6.21 Å². The summed E-state index contributed by atoms with van der Waals surface area (Å²) in [6, 6.07) is 12.2. The lowest BCUT2D eigenvalue weighted by Crippen LogP contribution is -2.30. The van der Waals surface area contributed by atoms with Gasteiger partial charge in [0.2, 0.25) is 11.8 Å². The Morgan fingerprint density at radius 2 is 1.96 bits per heavy atom. The Labute approximate surface area is 166 Å². The van der Waals surface area contributed by atoms with E-state index in [9.17, 15) is 9.59 Å². The molecular formula is C19H17Cl2N3O3. The summed E-state index contributed by atoms with van der Waals surface area (Å²) < 4.78 is 5.11. The molecule has 2 amide bonds. The monoisotopic (exact) mass is 405 g/mol. The summed E-state index contributed by atoms with van der Waals surface area (Å²) in [5.74, 6) is -0.175. The van der Waals surface area contributed by atoms with Gasteiger partial charge in [0.05, 0.1) is 29.3 Å². The normalized spacial score (nSPS) is 16.8. The summed E-state index contributed by atoms with van der Waals surface area (Å²) in [5.41, 5.74) is 3.91. The number of anilines is 1. The van der Waals surface area contributed by atoms with Crippen LogP contribution in [-0.2, 0) is 9.59 Å². The maximum Gasteiger partial charge on any atom is 0.245 e. The van der Waals surface area contributed by atoms with Gasteiger partial charge < -0.3 is 9.64 Å². The van der Waals surface area contributed by atoms with Gasteiger partial charge in [-0.3, -0.25) is 9.59 Å². The van der Waals surface area contributed by atoms with Crippen LogP contribution in [-0.4, -0.2) is 31.7 Å². The zero-order chi connectivity index (χ0) is 19.4. The molecule has 1 fully saturated rings. The molecule has 0 bridgehead atoms. The first kappa shape index (κ1) is 19.2. The van der Waals surface area contributed by atoms with Crippen molar-refractivity contribution in [2.45, 2.75) is 6.42 Å². The summed E-state index contributed by atoms with van der Waals surface area (Å²) >= 11 is 11.8. The van der Waals surface area contributed by atoms with Crippen molar-refractivity contribution in [3.8, 4) is 5.75 Å². The molecule has 27 heavy (non-hydrogen) atoms. The van der Waals surface area contributed by atoms with Crippen LogP contribution in [0.4, 0.5) is 5.69 Å². The summed E-state index contributed by atoms with van der Waals surface area (Å²) in [4.78, 5) is 26.2. The molecule has 0 radical (unpaired) electrons. The van der Waals surface area contributed by atoms with Crippen molar-refractivity contribution in [2.75, 3.05) is 18.6 Å². The lowest BCUT2D eigenvalue weighted by atomic mass is 10.1. The first-order valence-electron chi connectivity index (χ1n) is 8.20. The van der Waals surface area contributed by atoms with Crippen molar-refractivity contribution in [2.24, 2.45) is 11.0 Å². The third-order valence-electron chi connectivity index (χ3n) is 4.21. The zero-order valence-electron chi connectivity index (χ0n) is 14.5. The van der Waals surface area contributed by atoms with Crippen LogP contribution in [0.2, 0.25) is 10.0 Å². The van der Waals surface area contributed by atoms with Crippen molar-refractivity contribution >= 4 is 46.9 Å².